The lowest BCUT2D eigenvalue weighted by molar-refractivity contribution is -0.125. The summed E-state index contributed by atoms with van der Waals surface area (Å²) in [5.74, 6) is 0.556. The van der Waals surface area contributed by atoms with Crippen molar-refractivity contribution in [1.82, 2.24) is 9.97 Å². The third-order valence-electron chi connectivity index (χ3n) is 5.66. The summed E-state index contributed by atoms with van der Waals surface area (Å²) in [6.45, 7) is 1.69. The van der Waals surface area contributed by atoms with Crippen LogP contribution < -0.4 is 14.5 Å². The van der Waals surface area contributed by atoms with Crippen molar-refractivity contribution >= 4 is 35.1 Å². The van der Waals surface area contributed by atoms with E-state index in [1.54, 1.807) is 55.2 Å². The van der Waals surface area contributed by atoms with Gasteiger partial charge in [0.1, 0.15) is 11.5 Å². The number of amides is 2. The van der Waals surface area contributed by atoms with Crippen LogP contribution in [-0.2, 0) is 4.79 Å². The number of aromatic nitrogens is 2. The molecule has 1 aromatic carbocycles. The van der Waals surface area contributed by atoms with Gasteiger partial charge in [0.2, 0.25) is 5.88 Å². The van der Waals surface area contributed by atoms with Gasteiger partial charge in [-0.25, -0.2) is 0 Å². The van der Waals surface area contributed by atoms with E-state index in [-0.39, 0.29) is 17.9 Å². The van der Waals surface area contributed by atoms with Crippen LogP contribution >= 0.6 is 11.8 Å². The Morgan fingerprint density at radius 2 is 1.94 bits per heavy atom. The number of carbonyl (C=O) groups is 2. The molecule has 5 rings (SSSR count). The summed E-state index contributed by atoms with van der Waals surface area (Å²) < 4.78 is 5.76. The van der Waals surface area contributed by atoms with Crippen molar-refractivity contribution in [2.24, 2.45) is 0 Å². The maximum absolute atomic E-state index is 13.7. The normalized spacial score (nSPS) is 19.8. The summed E-state index contributed by atoms with van der Waals surface area (Å²) in [6.07, 6.45) is 4.81. The second-order valence-electron chi connectivity index (χ2n) is 7.44. The SMILES string of the molecule is CSc1cccc2c1C(=O)N(c1ccc3c(n1)O[C@H](C)C(=O)N3C)C2c1cccnc1. The fraction of sp³-hybridized carbons (Fsp3) is 0.217. The third kappa shape index (κ3) is 2.97. The number of fused-ring (bicyclic) bond motifs is 2. The molecule has 2 aromatic heterocycles. The minimum atomic E-state index is -0.635. The largest absolute Gasteiger partial charge is 0.463 e. The van der Waals surface area contributed by atoms with Crippen LogP contribution in [0.1, 0.15) is 34.5 Å². The minimum Gasteiger partial charge on any atom is -0.463 e. The van der Waals surface area contributed by atoms with Crippen molar-refractivity contribution < 1.29 is 14.3 Å². The summed E-state index contributed by atoms with van der Waals surface area (Å²) >= 11 is 1.54. The monoisotopic (exact) mass is 432 g/mol. The van der Waals surface area contributed by atoms with E-state index < -0.39 is 6.10 Å². The van der Waals surface area contributed by atoms with E-state index in [2.05, 4.69) is 9.97 Å². The van der Waals surface area contributed by atoms with E-state index in [9.17, 15) is 9.59 Å². The fourth-order valence-corrected chi connectivity index (χ4v) is 4.79. The van der Waals surface area contributed by atoms with Crippen LogP contribution in [0.5, 0.6) is 5.88 Å². The number of benzene rings is 1. The zero-order chi connectivity index (χ0) is 21.7. The van der Waals surface area contributed by atoms with Crippen LogP contribution in [0.15, 0.2) is 59.8 Å². The van der Waals surface area contributed by atoms with Crippen LogP contribution in [0.4, 0.5) is 11.5 Å². The van der Waals surface area contributed by atoms with Crippen molar-refractivity contribution in [3.8, 4) is 5.88 Å². The van der Waals surface area contributed by atoms with Crippen LogP contribution in [0, 0.1) is 0 Å². The maximum Gasteiger partial charge on any atom is 0.267 e. The predicted molar refractivity (Wildman–Crippen MR) is 119 cm³/mol. The number of hydrogen-bond acceptors (Lipinski definition) is 6. The van der Waals surface area contributed by atoms with Crippen molar-refractivity contribution in [2.75, 3.05) is 23.1 Å². The van der Waals surface area contributed by atoms with E-state index >= 15 is 0 Å². The van der Waals surface area contributed by atoms with Crippen molar-refractivity contribution in [2.45, 2.75) is 24.0 Å². The molecule has 0 saturated heterocycles. The molecule has 2 aliphatic heterocycles. The van der Waals surface area contributed by atoms with E-state index in [0.717, 1.165) is 16.0 Å². The number of thioether (sulfide) groups is 1. The average Bonchev–Trinajstić information content (AvgIpc) is 3.10. The molecular formula is C23H20N4O3S. The number of anilines is 2. The van der Waals surface area contributed by atoms with Gasteiger partial charge in [-0.15, -0.1) is 11.8 Å². The summed E-state index contributed by atoms with van der Waals surface area (Å²) in [6, 6.07) is 12.9. The molecule has 2 aliphatic rings. The molecule has 2 amide bonds. The summed E-state index contributed by atoms with van der Waals surface area (Å²) in [5, 5.41) is 0. The molecular weight excluding hydrogens is 412 g/mol. The van der Waals surface area contributed by atoms with Gasteiger partial charge in [0.15, 0.2) is 6.10 Å². The zero-order valence-corrected chi connectivity index (χ0v) is 18.1. The van der Waals surface area contributed by atoms with Gasteiger partial charge in [0, 0.05) is 24.3 Å². The molecule has 3 aromatic rings. The molecule has 2 atom stereocenters. The number of rotatable bonds is 3. The fourth-order valence-electron chi connectivity index (χ4n) is 4.16. The smallest absolute Gasteiger partial charge is 0.267 e. The number of likely N-dealkylation sites (N-methyl/N-ethyl adjacent to an activating group) is 1. The van der Waals surface area contributed by atoms with Crippen LogP contribution in [-0.4, -0.2) is 41.2 Å². The van der Waals surface area contributed by atoms with E-state index in [4.69, 9.17) is 4.74 Å². The molecule has 31 heavy (non-hydrogen) atoms. The zero-order valence-electron chi connectivity index (χ0n) is 17.3. The van der Waals surface area contributed by atoms with Gasteiger partial charge in [-0.05, 0) is 48.6 Å². The summed E-state index contributed by atoms with van der Waals surface area (Å²) in [4.78, 5) is 39.0. The lowest BCUT2D eigenvalue weighted by Gasteiger charge is -2.31. The minimum absolute atomic E-state index is 0.116. The predicted octanol–water partition coefficient (Wildman–Crippen LogP) is 3.69. The molecule has 4 heterocycles. The molecule has 156 valence electrons. The van der Waals surface area contributed by atoms with Gasteiger partial charge < -0.3 is 9.64 Å². The highest BCUT2D eigenvalue weighted by molar-refractivity contribution is 7.98. The lowest BCUT2D eigenvalue weighted by atomic mass is 9.99. The Morgan fingerprint density at radius 1 is 1.10 bits per heavy atom. The number of nitrogens with zero attached hydrogens (tertiary/aromatic N) is 4. The number of carbonyl (C=O) groups excluding carboxylic acids is 2. The molecule has 0 radical (unpaired) electrons. The van der Waals surface area contributed by atoms with Gasteiger partial charge in [-0.1, -0.05) is 18.2 Å². The molecule has 0 bridgehead atoms. The van der Waals surface area contributed by atoms with Crippen LogP contribution in [0.2, 0.25) is 0 Å². The molecule has 8 heteroatoms. The first-order valence-corrected chi connectivity index (χ1v) is 11.1. The Morgan fingerprint density at radius 3 is 2.68 bits per heavy atom. The first-order chi connectivity index (χ1) is 15.0. The van der Waals surface area contributed by atoms with Crippen molar-refractivity contribution in [1.29, 1.82) is 0 Å². The maximum atomic E-state index is 13.7. The van der Waals surface area contributed by atoms with Gasteiger partial charge in [-0.2, -0.15) is 4.98 Å². The molecule has 0 spiro atoms. The standard InChI is InChI=1S/C23H20N4O3S/c1-13-22(28)26(2)16-9-10-18(25-21(16)30-13)27-20(14-6-5-11-24-12-14)15-7-4-8-17(31-3)19(15)23(27)29/h4-13,20H,1-3H3/t13-,20?/m1/s1. The van der Waals surface area contributed by atoms with Gasteiger partial charge in [0.25, 0.3) is 11.8 Å². The molecule has 7 nitrogen and oxygen atoms in total. The Hall–Kier alpha value is -3.39. The van der Waals surface area contributed by atoms with Crippen molar-refractivity contribution in [3.63, 3.8) is 0 Å². The summed E-state index contributed by atoms with van der Waals surface area (Å²) in [5.41, 5.74) is 3.09. The highest BCUT2D eigenvalue weighted by Gasteiger charge is 2.42. The van der Waals surface area contributed by atoms with E-state index in [1.807, 2.05) is 36.6 Å². The number of pyridine rings is 2. The highest BCUT2D eigenvalue weighted by Crippen LogP contribution is 2.45. The quantitative estimate of drug-likeness (QED) is 0.588. The first-order valence-electron chi connectivity index (χ1n) is 9.87. The molecule has 0 N–H and O–H groups in total. The topological polar surface area (TPSA) is 75.6 Å². The van der Waals surface area contributed by atoms with Gasteiger partial charge in [-0.3, -0.25) is 19.5 Å². The second-order valence-corrected chi connectivity index (χ2v) is 8.29. The highest BCUT2D eigenvalue weighted by atomic mass is 32.2. The molecule has 0 aliphatic carbocycles. The van der Waals surface area contributed by atoms with E-state index in [0.29, 0.717) is 22.9 Å². The van der Waals surface area contributed by atoms with E-state index in [1.165, 1.54) is 4.90 Å². The Labute approximate surface area is 184 Å². The molecule has 0 fully saturated rings. The molecule has 0 saturated carbocycles. The molecule has 1 unspecified atom stereocenters. The van der Waals surface area contributed by atoms with Gasteiger partial charge in [0.05, 0.1) is 11.6 Å². The number of ether oxygens (including phenoxy) is 1. The van der Waals surface area contributed by atoms with Crippen LogP contribution in [0.25, 0.3) is 0 Å². The third-order valence-corrected chi connectivity index (χ3v) is 6.44. The Bertz CT molecular complexity index is 1200. The lowest BCUT2D eigenvalue weighted by Crippen LogP contribution is -2.42. The second kappa shape index (κ2) is 7.39. The first kappa shape index (κ1) is 19.6. The summed E-state index contributed by atoms with van der Waals surface area (Å²) in [7, 11) is 1.70. The van der Waals surface area contributed by atoms with Gasteiger partial charge >= 0.3 is 0 Å². The average molecular weight is 433 g/mol. The number of hydrogen-bond donors (Lipinski definition) is 0. The van der Waals surface area contributed by atoms with Crippen molar-refractivity contribution in [3.05, 3.63) is 71.5 Å². The Balaban J connectivity index is 1.67. The van der Waals surface area contributed by atoms with Crippen LogP contribution in [0.3, 0.4) is 0 Å². The Kier molecular flexibility index (Phi) is 4.66.